The van der Waals surface area contributed by atoms with Crippen LogP contribution < -0.4 is 14.8 Å². The summed E-state index contributed by atoms with van der Waals surface area (Å²) in [4.78, 5) is 19.6. The van der Waals surface area contributed by atoms with Gasteiger partial charge in [-0.2, -0.15) is 0 Å². The van der Waals surface area contributed by atoms with Crippen molar-refractivity contribution in [1.82, 2.24) is 4.98 Å². The van der Waals surface area contributed by atoms with E-state index < -0.39 is 0 Å². The lowest BCUT2D eigenvalue weighted by Crippen LogP contribution is -2.12. The first-order valence-corrected chi connectivity index (χ1v) is 10.2. The predicted molar refractivity (Wildman–Crippen MR) is 110 cm³/mol. The van der Waals surface area contributed by atoms with Crippen molar-refractivity contribution in [1.29, 1.82) is 0 Å². The lowest BCUT2D eigenvalue weighted by molar-refractivity contribution is 0.102. The molecule has 0 aliphatic rings. The van der Waals surface area contributed by atoms with Crippen molar-refractivity contribution in [3.63, 3.8) is 0 Å². The van der Waals surface area contributed by atoms with Crippen molar-refractivity contribution in [2.45, 2.75) is 13.8 Å². The maximum atomic E-state index is 12.6. The number of ether oxygens (including phenoxy) is 2. The maximum Gasteiger partial charge on any atom is 0.257 e. The van der Waals surface area contributed by atoms with E-state index >= 15 is 0 Å². The summed E-state index contributed by atoms with van der Waals surface area (Å²) in [6.07, 6.45) is 0. The number of hydrogen-bond donors (Lipinski definition) is 1. The second kappa shape index (κ2) is 7.77. The average molecular weight is 453 g/mol. The van der Waals surface area contributed by atoms with Crippen LogP contribution in [0.5, 0.6) is 11.5 Å². The number of benzene rings is 1. The molecule has 1 N–H and O–H groups in total. The number of thiazole rings is 1. The van der Waals surface area contributed by atoms with Crippen LogP contribution in [0.2, 0.25) is 0 Å². The van der Waals surface area contributed by atoms with Gasteiger partial charge in [0, 0.05) is 26.3 Å². The molecule has 0 spiro atoms. The molecule has 0 aliphatic carbocycles. The summed E-state index contributed by atoms with van der Waals surface area (Å²) in [5, 5.41) is 5.34. The van der Waals surface area contributed by atoms with Crippen LogP contribution in [0.4, 0.5) is 5.13 Å². The Labute approximate surface area is 168 Å². The number of nitrogens with one attached hydrogen (secondary N) is 1. The van der Waals surface area contributed by atoms with Gasteiger partial charge >= 0.3 is 0 Å². The van der Waals surface area contributed by atoms with Crippen molar-refractivity contribution in [3.8, 4) is 22.8 Å². The molecule has 0 unspecified atom stereocenters. The fourth-order valence-electron chi connectivity index (χ4n) is 2.51. The topological polar surface area (TPSA) is 60.5 Å². The van der Waals surface area contributed by atoms with Crippen molar-refractivity contribution in [2.24, 2.45) is 0 Å². The van der Waals surface area contributed by atoms with Gasteiger partial charge < -0.3 is 9.47 Å². The fourth-order valence-corrected chi connectivity index (χ4v) is 4.70. The Morgan fingerprint density at radius 3 is 2.35 bits per heavy atom. The third-order valence-electron chi connectivity index (χ3n) is 3.75. The third-order valence-corrected chi connectivity index (χ3v) is 6.25. The summed E-state index contributed by atoms with van der Waals surface area (Å²) < 4.78 is 11.2. The van der Waals surface area contributed by atoms with E-state index in [-0.39, 0.29) is 5.91 Å². The Morgan fingerprint density at radius 1 is 1.15 bits per heavy atom. The molecule has 0 radical (unpaired) electrons. The zero-order valence-electron chi connectivity index (χ0n) is 14.7. The minimum absolute atomic E-state index is 0.270. The Balaban J connectivity index is 1.84. The van der Waals surface area contributed by atoms with Crippen LogP contribution in [0.3, 0.4) is 0 Å². The van der Waals surface area contributed by atoms with Gasteiger partial charge in [-0.25, -0.2) is 4.98 Å². The van der Waals surface area contributed by atoms with Gasteiger partial charge in [0.1, 0.15) is 16.0 Å². The fraction of sp³-hybridized carbons (Fsp3) is 0.222. The highest BCUT2D eigenvalue weighted by Gasteiger charge is 2.16. The summed E-state index contributed by atoms with van der Waals surface area (Å²) in [5.74, 6) is 0.783. The summed E-state index contributed by atoms with van der Waals surface area (Å²) in [6.45, 7) is 4.15. The molecule has 0 bridgehead atoms. The molecule has 0 aliphatic heterocycles. The van der Waals surface area contributed by atoms with Crippen LogP contribution in [-0.4, -0.2) is 25.1 Å². The molecular weight excluding hydrogens is 436 g/mol. The lowest BCUT2D eigenvalue weighted by Gasteiger charge is -2.11. The molecule has 2 heterocycles. The van der Waals surface area contributed by atoms with Gasteiger partial charge in [-0.15, -0.1) is 22.7 Å². The molecule has 0 fully saturated rings. The smallest absolute Gasteiger partial charge is 0.257 e. The van der Waals surface area contributed by atoms with Gasteiger partial charge in [0.15, 0.2) is 5.13 Å². The number of aryl methyl sites for hydroxylation is 2. The van der Waals surface area contributed by atoms with E-state index in [1.165, 1.54) is 21.1 Å². The zero-order valence-corrected chi connectivity index (χ0v) is 17.9. The second-order valence-electron chi connectivity index (χ2n) is 5.51. The molecule has 136 valence electrons. The minimum atomic E-state index is -0.270. The van der Waals surface area contributed by atoms with Gasteiger partial charge in [-0.1, -0.05) is 0 Å². The molecule has 1 aromatic carbocycles. The number of nitrogens with zero attached hydrogens (tertiary/aromatic N) is 1. The molecule has 8 heteroatoms. The largest absolute Gasteiger partial charge is 0.495 e. The zero-order chi connectivity index (χ0) is 18.8. The molecule has 26 heavy (non-hydrogen) atoms. The van der Waals surface area contributed by atoms with E-state index in [9.17, 15) is 4.79 Å². The SMILES string of the molecule is COc1cc(C(=O)Nc2nc(-c3cc(C)sc3C)cs2)cc(OC)c1Br. The van der Waals surface area contributed by atoms with Crippen LogP contribution >= 0.6 is 38.6 Å². The normalized spacial score (nSPS) is 10.7. The highest BCUT2D eigenvalue weighted by molar-refractivity contribution is 9.10. The number of amides is 1. The summed E-state index contributed by atoms with van der Waals surface area (Å²) >= 11 is 6.54. The van der Waals surface area contributed by atoms with E-state index in [0.717, 1.165) is 11.3 Å². The molecular formula is C18H17BrN2O3S2. The van der Waals surface area contributed by atoms with E-state index in [4.69, 9.17) is 9.47 Å². The lowest BCUT2D eigenvalue weighted by atomic mass is 10.2. The van der Waals surface area contributed by atoms with Crippen LogP contribution in [-0.2, 0) is 0 Å². The van der Waals surface area contributed by atoms with Gasteiger partial charge in [-0.05, 0) is 48.0 Å². The monoisotopic (exact) mass is 452 g/mol. The van der Waals surface area contributed by atoms with Crippen LogP contribution in [0, 0.1) is 13.8 Å². The van der Waals surface area contributed by atoms with E-state index in [1.807, 2.05) is 5.38 Å². The number of carbonyl (C=O) groups is 1. The molecule has 3 rings (SSSR count). The van der Waals surface area contributed by atoms with Crippen molar-refractivity contribution in [3.05, 3.63) is 43.4 Å². The highest BCUT2D eigenvalue weighted by Crippen LogP contribution is 2.36. The molecule has 0 saturated carbocycles. The molecule has 5 nitrogen and oxygen atoms in total. The van der Waals surface area contributed by atoms with Gasteiger partial charge in [-0.3, -0.25) is 10.1 Å². The Morgan fingerprint density at radius 2 is 1.81 bits per heavy atom. The van der Waals surface area contributed by atoms with Crippen LogP contribution in [0.15, 0.2) is 28.1 Å². The summed E-state index contributed by atoms with van der Waals surface area (Å²) in [5.41, 5.74) is 2.41. The summed E-state index contributed by atoms with van der Waals surface area (Å²) in [7, 11) is 3.08. The van der Waals surface area contributed by atoms with Gasteiger partial charge in [0.25, 0.3) is 5.91 Å². The first-order chi connectivity index (χ1) is 12.4. The molecule has 0 saturated heterocycles. The van der Waals surface area contributed by atoms with Crippen molar-refractivity contribution < 1.29 is 14.3 Å². The first-order valence-electron chi connectivity index (χ1n) is 7.68. The van der Waals surface area contributed by atoms with E-state index in [0.29, 0.717) is 26.7 Å². The van der Waals surface area contributed by atoms with Crippen molar-refractivity contribution >= 4 is 49.6 Å². The van der Waals surface area contributed by atoms with Crippen LogP contribution in [0.1, 0.15) is 20.1 Å². The number of halogens is 1. The number of carbonyl (C=O) groups excluding carboxylic acids is 1. The maximum absolute atomic E-state index is 12.6. The average Bonchev–Trinajstić information content (AvgIpc) is 3.20. The Bertz CT molecular complexity index is 940. The molecule has 2 aromatic heterocycles. The molecule has 3 aromatic rings. The van der Waals surface area contributed by atoms with Crippen LogP contribution in [0.25, 0.3) is 11.3 Å². The van der Waals surface area contributed by atoms with Gasteiger partial charge in [0.2, 0.25) is 0 Å². The Hall–Kier alpha value is -1.90. The summed E-state index contributed by atoms with van der Waals surface area (Å²) in [6, 6.07) is 5.43. The number of aromatic nitrogens is 1. The van der Waals surface area contributed by atoms with E-state index in [1.54, 1.807) is 37.7 Å². The molecule has 1 amide bonds. The van der Waals surface area contributed by atoms with E-state index in [2.05, 4.69) is 46.1 Å². The number of rotatable bonds is 5. The standard InChI is InChI=1S/C18H17BrN2O3S2/c1-9-5-12(10(2)26-9)13-8-25-18(20-13)21-17(22)11-6-14(23-3)16(19)15(7-11)24-4/h5-8H,1-4H3,(H,20,21,22). The van der Waals surface area contributed by atoms with Crippen molar-refractivity contribution in [2.75, 3.05) is 19.5 Å². The quantitative estimate of drug-likeness (QED) is 0.553. The number of methoxy groups -OCH3 is 2. The number of hydrogen-bond acceptors (Lipinski definition) is 6. The predicted octanol–water partition coefficient (Wildman–Crippen LogP) is 5.52. The second-order valence-corrected chi connectivity index (χ2v) is 8.63. The first kappa shape index (κ1) is 18.9. The minimum Gasteiger partial charge on any atom is -0.495 e. The third kappa shape index (κ3) is 3.77. The van der Waals surface area contributed by atoms with Gasteiger partial charge in [0.05, 0.1) is 19.9 Å². The number of thiophene rings is 1. The number of anilines is 1. The molecule has 0 atom stereocenters. The Kier molecular flexibility index (Phi) is 5.64. The highest BCUT2D eigenvalue weighted by atomic mass is 79.9.